The number of H-pyrrole nitrogens is 1. The number of hydrogen-bond acceptors (Lipinski definition) is 4. The summed E-state index contributed by atoms with van der Waals surface area (Å²) in [5, 5.41) is 3.12. The lowest BCUT2D eigenvalue weighted by atomic mass is 9.98. The number of para-hydroxylation sites is 2. The maximum atomic E-state index is 12.9. The first kappa shape index (κ1) is 18.8. The van der Waals surface area contributed by atoms with Gasteiger partial charge in [0.05, 0.1) is 31.3 Å². The van der Waals surface area contributed by atoms with E-state index in [0.29, 0.717) is 17.1 Å². The number of methoxy groups -OCH3 is 2. The first-order valence-corrected chi connectivity index (χ1v) is 9.04. The lowest BCUT2D eigenvalue weighted by Gasteiger charge is -2.22. The van der Waals surface area contributed by atoms with Crippen LogP contribution >= 0.6 is 0 Å². The Labute approximate surface area is 158 Å². The molecule has 6 heteroatoms. The van der Waals surface area contributed by atoms with Crippen LogP contribution in [0.1, 0.15) is 42.5 Å². The van der Waals surface area contributed by atoms with Crippen molar-refractivity contribution in [1.29, 1.82) is 0 Å². The molecule has 27 heavy (non-hydrogen) atoms. The van der Waals surface area contributed by atoms with Gasteiger partial charge in [-0.05, 0) is 36.2 Å². The summed E-state index contributed by atoms with van der Waals surface area (Å²) in [6.45, 7) is 4.20. The molecule has 1 amide bonds. The summed E-state index contributed by atoms with van der Waals surface area (Å²) in [6, 6.07) is 12.8. The molecular formula is C21H25N3O3. The fraction of sp³-hybridized carbons (Fsp3) is 0.333. The van der Waals surface area contributed by atoms with E-state index < -0.39 is 0 Å². The van der Waals surface area contributed by atoms with Crippen molar-refractivity contribution in [2.24, 2.45) is 5.92 Å². The van der Waals surface area contributed by atoms with Crippen LogP contribution in [-0.2, 0) is 0 Å². The molecular weight excluding hydrogens is 342 g/mol. The molecule has 2 N–H and O–H groups in total. The molecule has 3 aromatic rings. The number of carbonyl (C=O) groups excluding carboxylic acids is 1. The average Bonchev–Trinajstić information content (AvgIpc) is 3.14. The predicted octanol–water partition coefficient (Wildman–Crippen LogP) is 4.10. The van der Waals surface area contributed by atoms with Gasteiger partial charge in [-0.25, -0.2) is 4.98 Å². The van der Waals surface area contributed by atoms with E-state index in [4.69, 9.17) is 9.47 Å². The van der Waals surface area contributed by atoms with E-state index in [-0.39, 0.29) is 17.9 Å². The first-order chi connectivity index (χ1) is 13.1. The highest BCUT2D eigenvalue weighted by atomic mass is 16.5. The van der Waals surface area contributed by atoms with Gasteiger partial charge in [0, 0.05) is 5.56 Å². The van der Waals surface area contributed by atoms with Gasteiger partial charge in [0.25, 0.3) is 5.91 Å². The second kappa shape index (κ2) is 8.12. The summed E-state index contributed by atoms with van der Waals surface area (Å²) in [5.74, 6) is 1.91. The van der Waals surface area contributed by atoms with Gasteiger partial charge in [-0.15, -0.1) is 0 Å². The summed E-state index contributed by atoms with van der Waals surface area (Å²) in [5.41, 5.74) is 2.36. The molecule has 0 radical (unpaired) electrons. The molecule has 0 aliphatic carbocycles. The highest BCUT2D eigenvalue weighted by molar-refractivity contribution is 5.95. The van der Waals surface area contributed by atoms with Crippen LogP contribution in [0.4, 0.5) is 0 Å². The van der Waals surface area contributed by atoms with E-state index in [0.717, 1.165) is 23.3 Å². The summed E-state index contributed by atoms with van der Waals surface area (Å²) in [7, 11) is 3.12. The van der Waals surface area contributed by atoms with Crippen LogP contribution in [0.2, 0.25) is 0 Å². The number of nitrogens with one attached hydrogen (secondary N) is 2. The van der Waals surface area contributed by atoms with Crippen molar-refractivity contribution in [2.75, 3.05) is 14.2 Å². The van der Waals surface area contributed by atoms with E-state index in [1.54, 1.807) is 32.4 Å². The Bertz CT molecular complexity index is 902. The molecule has 0 saturated carbocycles. The summed E-state index contributed by atoms with van der Waals surface area (Å²) < 4.78 is 10.5. The number of hydrogen-bond donors (Lipinski definition) is 2. The molecule has 3 rings (SSSR count). The molecule has 0 aliphatic heterocycles. The Morgan fingerprint density at radius 1 is 1.15 bits per heavy atom. The molecule has 142 valence electrons. The van der Waals surface area contributed by atoms with Crippen LogP contribution < -0.4 is 14.8 Å². The number of aromatic amines is 1. The van der Waals surface area contributed by atoms with Crippen molar-refractivity contribution in [3.63, 3.8) is 0 Å². The number of rotatable bonds is 7. The highest BCUT2D eigenvalue weighted by Crippen LogP contribution is 2.29. The van der Waals surface area contributed by atoms with Gasteiger partial charge in [-0.2, -0.15) is 0 Å². The standard InChI is InChI=1S/C21H25N3O3/c1-5-13(2)19(20-22-15-8-6-7-9-16(15)23-20)24-21(25)14-10-11-17(26-3)18(12-14)27-4/h6-13,19H,5H2,1-4H3,(H,22,23)(H,24,25). The topological polar surface area (TPSA) is 76.2 Å². The Hall–Kier alpha value is -3.02. The quantitative estimate of drug-likeness (QED) is 0.659. The highest BCUT2D eigenvalue weighted by Gasteiger charge is 2.24. The number of imidazole rings is 1. The summed E-state index contributed by atoms with van der Waals surface area (Å²) in [6.07, 6.45) is 0.911. The minimum absolute atomic E-state index is 0.179. The number of aromatic nitrogens is 2. The number of benzene rings is 2. The molecule has 2 unspecified atom stereocenters. The molecule has 2 atom stereocenters. The molecule has 1 aromatic heterocycles. The fourth-order valence-corrected chi connectivity index (χ4v) is 3.04. The van der Waals surface area contributed by atoms with Crippen LogP contribution in [0, 0.1) is 5.92 Å². The van der Waals surface area contributed by atoms with Gasteiger partial charge >= 0.3 is 0 Å². The van der Waals surface area contributed by atoms with Crippen molar-refractivity contribution in [2.45, 2.75) is 26.3 Å². The van der Waals surface area contributed by atoms with Crippen LogP contribution in [0.3, 0.4) is 0 Å². The van der Waals surface area contributed by atoms with E-state index >= 15 is 0 Å². The van der Waals surface area contributed by atoms with Crippen molar-refractivity contribution in [3.8, 4) is 11.5 Å². The molecule has 1 heterocycles. The van der Waals surface area contributed by atoms with Gasteiger partial charge in [-0.1, -0.05) is 32.4 Å². The molecule has 0 saturated heterocycles. The van der Waals surface area contributed by atoms with Crippen LogP contribution in [0.25, 0.3) is 11.0 Å². The SMILES string of the molecule is CCC(C)C(NC(=O)c1ccc(OC)c(OC)c1)c1nc2ccccc2[nH]1. The average molecular weight is 367 g/mol. The number of fused-ring (bicyclic) bond motifs is 1. The second-order valence-corrected chi connectivity index (χ2v) is 6.55. The minimum Gasteiger partial charge on any atom is -0.493 e. The lowest BCUT2D eigenvalue weighted by Crippen LogP contribution is -2.33. The largest absolute Gasteiger partial charge is 0.493 e. The molecule has 0 aliphatic rings. The summed E-state index contributed by atoms with van der Waals surface area (Å²) >= 11 is 0. The number of nitrogens with zero attached hydrogens (tertiary/aromatic N) is 1. The van der Waals surface area contributed by atoms with Gasteiger partial charge < -0.3 is 19.8 Å². The number of amides is 1. The predicted molar refractivity (Wildman–Crippen MR) is 105 cm³/mol. The zero-order chi connectivity index (χ0) is 19.4. The molecule has 0 fully saturated rings. The maximum Gasteiger partial charge on any atom is 0.252 e. The Kier molecular flexibility index (Phi) is 5.64. The van der Waals surface area contributed by atoms with Gasteiger partial charge in [0.2, 0.25) is 0 Å². The fourth-order valence-electron chi connectivity index (χ4n) is 3.04. The third kappa shape index (κ3) is 3.89. The monoisotopic (exact) mass is 367 g/mol. The molecule has 0 spiro atoms. The van der Waals surface area contributed by atoms with Crippen LogP contribution in [0.5, 0.6) is 11.5 Å². The zero-order valence-corrected chi connectivity index (χ0v) is 16.1. The van der Waals surface area contributed by atoms with Gasteiger partial charge in [0.15, 0.2) is 11.5 Å². The van der Waals surface area contributed by atoms with Crippen molar-refractivity contribution < 1.29 is 14.3 Å². The Morgan fingerprint density at radius 2 is 1.89 bits per heavy atom. The minimum atomic E-state index is -0.219. The van der Waals surface area contributed by atoms with Crippen molar-refractivity contribution >= 4 is 16.9 Å². The third-order valence-electron chi connectivity index (χ3n) is 4.85. The van der Waals surface area contributed by atoms with Crippen LogP contribution in [0.15, 0.2) is 42.5 Å². The summed E-state index contributed by atoms with van der Waals surface area (Å²) in [4.78, 5) is 20.9. The number of carbonyl (C=O) groups is 1. The van der Waals surface area contributed by atoms with E-state index in [1.165, 1.54) is 0 Å². The van der Waals surface area contributed by atoms with Crippen LogP contribution in [-0.4, -0.2) is 30.1 Å². The number of ether oxygens (including phenoxy) is 2. The second-order valence-electron chi connectivity index (χ2n) is 6.55. The van der Waals surface area contributed by atoms with Crippen molar-refractivity contribution in [3.05, 3.63) is 53.9 Å². The van der Waals surface area contributed by atoms with E-state index in [9.17, 15) is 4.79 Å². The Morgan fingerprint density at radius 3 is 2.56 bits per heavy atom. The smallest absolute Gasteiger partial charge is 0.252 e. The Balaban J connectivity index is 1.89. The molecule has 0 bridgehead atoms. The van der Waals surface area contributed by atoms with E-state index in [1.807, 2.05) is 24.3 Å². The molecule has 6 nitrogen and oxygen atoms in total. The van der Waals surface area contributed by atoms with Gasteiger partial charge in [0.1, 0.15) is 5.82 Å². The third-order valence-corrected chi connectivity index (χ3v) is 4.85. The van der Waals surface area contributed by atoms with Crippen molar-refractivity contribution in [1.82, 2.24) is 15.3 Å². The maximum absolute atomic E-state index is 12.9. The normalized spacial score (nSPS) is 13.2. The zero-order valence-electron chi connectivity index (χ0n) is 16.1. The van der Waals surface area contributed by atoms with E-state index in [2.05, 4.69) is 29.1 Å². The molecule has 2 aromatic carbocycles. The lowest BCUT2D eigenvalue weighted by molar-refractivity contribution is 0.0920. The first-order valence-electron chi connectivity index (χ1n) is 9.04. The van der Waals surface area contributed by atoms with Gasteiger partial charge in [-0.3, -0.25) is 4.79 Å².